The molecular weight excluding hydrogens is 645 g/mol. The zero-order chi connectivity index (χ0) is 35.0. The largest absolute Gasteiger partial charge is 0.456 e. The van der Waals surface area contributed by atoms with Crippen molar-refractivity contribution >= 4 is 76.2 Å². The van der Waals surface area contributed by atoms with E-state index in [4.69, 9.17) is 8.83 Å². The van der Waals surface area contributed by atoms with Gasteiger partial charge in [0.15, 0.2) is 0 Å². The quantitative estimate of drug-likeness (QED) is 0.170. The molecule has 2 aromatic heterocycles. The van der Waals surface area contributed by atoms with Gasteiger partial charge in [0.25, 0.3) is 0 Å². The van der Waals surface area contributed by atoms with Crippen LogP contribution in [-0.4, -0.2) is 0 Å². The molecular formula is C51H32O2. The van der Waals surface area contributed by atoms with Crippen LogP contribution in [-0.2, 0) is 5.41 Å². The second kappa shape index (κ2) is 10.2. The van der Waals surface area contributed by atoms with Gasteiger partial charge in [-0.25, -0.2) is 0 Å². The molecule has 0 bridgehead atoms. The van der Waals surface area contributed by atoms with Crippen LogP contribution in [0.25, 0.3) is 110 Å². The fourth-order valence-electron chi connectivity index (χ4n) is 9.64. The summed E-state index contributed by atoms with van der Waals surface area (Å²) in [4.78, 5) is 0. The van der Waals surface area contributed by atoms with Crippen LogP contribution in [0.1, 0.15) is 25.0 Å². The smallest absolute Gasteiger partial charge is 0.143 e. The lowest BCUT2D eigenvalue weighted by molar-refractivity contribution is 0.660. The van der Waals surface area contributed by atoms with Crippen molar-refractivity contribution in [2.45, 2.75) is 19.3 Å². The van der Waals surface area contributed by atoms with E-state index < -0.39 is 0 Å². The minimum Gasteiger partial charge on any atom is -0.456 e. The lowest BCUT2D eigenvalue weighted by Crippen LogP contribution is -2.14. The molecule has 0 saturated heterocycles. The van der Waals surface area contributed by atoms with Crippen molar-refractivity contribution in [1.29, 1.82) is 0 Å². The van der Waals surface area contributed by atoms with Gasteiger partial charge < -0.3 is 8.83 Å². The molecule has 0 fully saturated rings. The van der Waals surface area contributed by atoms with Crippen LogP contribution in [0.3, 0.4) is 0 Å². The number of benzene rings is 9. The lowest BCUT2D eigenvalue weighted by Gasteiger charge is -2.22. The topological polar surface area (TPSA) is 26.3 Å². The molecule has 248 valence electrons. The molecule has 0 aliphatic heterocycles. The van der Waals surface area contributed by atoms with Crippen LogP contribution in [0.5, 0.6) is 0 Å². The Kier molecular flexibility index (Phi) is 5.60. The Morgan fingerprint density at radius 1 is 0.377 bits per heavy atom. The molecule has 2 heteroatoms. The minimum absolute atomic E-state index is 0.0313. The summed E-state index contributed by atoms with van der Waals surface area (Å²) in [5.41, 5.74) is 13.9. The van der Waals surface area contributed by atoms with Crippen LogP contribution in [0, 0.1) is 0 Å². The number of hydrogen-bond donors (Lipinski definition) is 0. The van der Waals surface area contributed by atoms with Crippen molar-refractivity contribution < 1.29 is 8.83 Å². The molecule has 12 rings (SSSR count). The monoisotopic (exact) mass is 676 g/mol. The summed E-state index contributed by atoms with van der Waals surface area (Å²) < 4.78 is 13.1. The van der Waals surface area contributed by atoms with E-state index in [9.17, 15) is 0 Å². The van der Waals surface area contributed by atoms with Crippen LogP contribution in [0.4, 0.5) is 0 Å². The van der Waals surface area contributed by atoms with Crippen LogP contribution in [0.15, 0.2) is 167 Å². The Bertz CT molecular complexity index is 3310. The second-order valence-electron chi connectivity index (χ2n) is 15.2. The van der Waals surface area contributed by atoms with Gasteiger partial charge in [0.05, 0.1) is 0 Å². The average molecular weight is 677 g/mol. The standard InChI is InChI=1S/C51H32O2/c1-51(2)41-18-10-9-13-33(41)39-27-30(20-23-42(39)51)46-34-14-5-7-16-36(34)47(37-17-8-6-15-35(37)46)31-21-24-43-40(28-31)49-44(52-43)25-26-45-48(49)38-22-19-29-11-3-4-12-32(29)50(38)53-45/h3-28H,1-2H3. The maximum atomic E-state index is 6.59. The van der Waals surface area contributed by atoms with Crippen LogP contribution < -0.4 is 0 Å². The maximum Gasteiger partial charge on any atom is 0.143 e. The fraction of sp³-hybridized carbons (Fsp3) is 0.0588. The average Bonchev–Trinajstić information content (AvgIpc) is 3.84. The Labute approximate surface area is 305 Å². The molecule has 9 aromatic carbocycles. The number of furan rings is 2. The van der Waals surface area contributed by atoms with Gasteiger partial charge in [-0.1, -0.05) is 135 Å². The third-order valence-electron chi connectivity index (χ3n) is 12.1. The van der Waals surface area contributed by atoms with Crippen molar-refractivity contribution in [3.8, 4) is 33.4 Å². The molecule has 0 spiro atoms. The van der Waals surface area contributed by atoms with E-state index >= 15 is 0 Å². The van der Waals surface area contributed by atoms with E-state index in [1.54, 1.807) is 0 Å². The summed E-state index contributed by atoms with van der Waals surface area (Å²) >= 11 is 0. The molecule has 0 saturated carbocycles. The van der Waals surface area contributed by atoms with E-state index in [0.29, 0.717) is 0 Å². The van der Waals surface area contributed by atoms with Crippen LogP contribution >= 0.6 is 0 Å². The molecule has 53 heavy (non-hydrogen) atoms. The van der Waals surface area contributed by atoms with Crippen molar-refractivity contribution in [1.82, 2.24) is 0 Å². The van der Waals surface area contributed by atoms with E-state index in [1.807, 2.05) is 6.07 Å². The Hall–Kier alpha value is -6.64. The zero-order valence-electron chi connectivity index (χ0n) is 29.3. The van der Waals surface area contributed by atoms with Crippen LogP contribution in [0.2, 0.25) is 0 Å². The van der Waals surface area contributed by atoms with E-state index in [1.165, 1.54) is 71.4 Å². The summed E-state index contributed by atoms with van der Waals surface area (Å²) in [6.07, 6.45) is 0. The van der Waals surface area contributed by atoms with Gasteiger partial charge in [0.1, 0.15) is 22.3 Å². The van der Waals surface area contributed by atoms with E-state index in [-0.39, 0.29) is 5.41 Å². The zero-order valence-corrected chi connectivity index (χ0v) is 29.3. The summed E-state index contributed by atoms with van der Waals surface area (Å²) in [5, 5.41) is 11.7. The van der Waals surface area contributed by atoms with Gasteiger partial charge >= 0.3 is 0 Å². The van der Waals surface area contributed by atoms with Crippen molar-refractivity contribution in [2.24, 2.45) is 0 Å². The van der Waals surface area contributed by atoms with Crippen molar-refractivity contribution in [2.75, 3.05) is 0 Å². The van der Waals surface area contributed by atoms with E-state index in [2.05, 4.69) is 166 Å². The van der Waals surface area contributed by atoms with Crippen molar-refractivity contribution in [3.05, 3.63) is 169 Å². The lowest BCUT2D eigenvalue weighted by atomic mass is 9.81. The highest BCUT2D eigenvalue weighted by atomic mass is 16.3. The van der Waals surface area contributed by atoms with E-state index in [0.717, 1.165) is 49.3 Å². The maximum absolute atomic E-state index is 6.59. The Morgan fingerprint density at radius 2 is 0.925 bits per heavy atom. The SMILES string of the molecule is CC1(C)c2ccccc2-c2cc(-c3c4ccccc4c(-c4ccc5oc6ccc7oc8c9ccccc9ccc8c7c6c5c4)c4ccccc34)ccc21. The highest BCUT2D eigenvalue weighted by Crippen LogP contribution is 2.52. The predicted molar refractivity (Wildman–Crippen MR) is 222 cm³/mol. The first kappa shape index (κ1) is 29.0. The second-order valence-corrected chi connectivity index (χ2v) is 15.2. The molecule has 0 N–H and O–H groups in total. The van der Waals surface area contributed by atoms with Gasteiger partial charge in [-0.15, -0.1) is 0 Å². The molecule has 0 unspecified atom stereocenters. The molecule has 2 nitrogen and oxygen atoms in total. The fourth-order valence-corrected chi connectivity index (χ4v) is 9.64. The molecule has 11 aromatic rings. The third kappa shape index (κ3) is 3.82. The Morgan fingerprint density at radius 3 is 1.66 bits per heavy atom. The predicted octanol–water partition coefficient (Wildman–Crippen LogP) is 14.6. The number of fused-ring (bicyclic) bond motifs is 14. The minimum atomic E-state index is -0.0313. The molecule has 1 aliphatic rings. The van der Waals surface area contributed by atoms with Gasteiger partial charge in [-0.2, -0.15) is 0 Å². The van der Waals surface area contributed by atoms with Gasteiger partial charge in [-0.05, 0) is 108 Å². The summed E-state index contributed by atoms with van der Waals surface area (Å²) in [6.45, 7) is 4.69. The molecule has 1 aliphatic carbocycles. The summed E-state index contributed by atoms with van der Waals surface area (Å²) in [5.74, 6) is 0. The summed E-state index contributed by atoms with van der Waals surface area (Å²) in [7, 11) is 0. The number of rotatable bonds is 2. The molecule has 0 amide bonds. The molecule has 0 atom stereocenters. The normalized spacial score (nSPS) is 13.6. The first-order valence-electron chi connectivity index (χ1n) is 18.4. The highest BCUT2D eigenvalue weighted by Gasteiger charge is 2.35. The molecule has 0 radical (unpaired) electrons. The Balaban J connectivity index is 1.13. The van der Waals surface area contributed by atoms with Crippen molar-refractivity contribution in [3.63, 3.8) is 0 Å². The van der Waals surface area contributed by atoms with Gasteiger partial charge in [-0.3, -0.25) is 0 Å². The summed E-state index contributed by atoms with van der Waals surface area (Å²) in [6, 6.07) is 57.5. The third-order valence-corrected chi connectivity index (χ3v) is 12.1. The highest BCUT2D eigenvalue weighted by molar-refractivity contribution is 6.29. The molecule has 2 heterocycles. The number of hydrogen-bond acceptors (Lipinski definition) is 2. The van der Waals surface area contributed by atoms with Gasteiger partial charge in [0.2, 0.25) is 0 Å². The first-order valence-corrected chi connectivity index (χ1v) is 18.4. The first-order chi connectivity index (χ1) is 26.0. The van der Waals surface area contributed by atoms with Gasteiger partial charge in [0, 0.05) is 32.3 Å².